The molecule has 2 rings (SSSR count). The highest BCUT2D eigenvalue weighted by Gasteiger charge is 2.12. The Labute approximate surface area is 120 Å². The van der Waals surface area contributed by atoms with E-state index in [2.05, 4.69) is 45.1 Å². The predicted octanol–water partition coefficient (Wildman–Crippen LogP) is 5.14. The Morgan fingerprint density at radius 3 is 2.68 bits per heavy atom. The Morgan fingerprint density at radius 1 is 1.32 bits per heavy atom. The molecule has 0 bridgehead atoms. The lowest BCUT2D eigenvalue weighted by Crippen LogP contribution is -2.07. The number of pyridine rings is 1. The zero-order valence-corrected chi connectivity index (χ0v) is 12.8. The van der Waals surface area contributed by atoms with Crippen LogP contribution in [0.1, 0.15) is 44.2 Å². The maximum atomic E-state index is 6.28. The number of hydrogen-bond acceptors (Lipinski definition) is 2. The lowest BCUT2D eigenvalue weighted by molar-refractivity contribution is 0.856. The van der Waals surface area contributed by atoms with Gasteiger partial charge >= 0.3 is 0 Å². The number of aromatic nitrogens is 1. The molecular weight excluding hydrogens is 256 g/mol. The largest absolute Gasteiger partial charge is 0.370 e. The van der Waals surface area contributed by atoms with Gasteiger partial charge in [-0.25, -0.2) is 4.98 Å². The van der Waals surface area contributed by atoms with Crippen molar-refractivity contribution in [2.45, 2.75) is 40.0 Å². The Morgan fingerprint density at radius 2 is 2.05 bits per heavy atom. The number of rotatable bonds is 4. The number of hydrogen-bond donors (Lipinski definition) is 1. The summed E-state index contributed by atoms with van der Waals surface area (Å²) in [7, 11) is 0. The third-order valence-corrected chi connectivity index (χ3v) is 3.65. The molecule has 1 aromatic carbocycles. The second-order valence-corrected chi connectivity index (χ2v) is 5.68. The maximum absolute atomic E-state index is 6.28. The van der Waals surface area contributed by atoms with E-state index >= 15 is 0 Å². The molecule has 3 heteroatoms. The van der Waals surface area contributed by atoms with Gasteiger partial charge < -0.3 is 5.32 Å². The molecule has 0 amide bonds. The van der Waals surface area contributed by atoms with Gasteiger partial charge in [-0.05, 0) is 42.5 Å². The first-order valence-electron chi connectivity index (χ1n) is 6.88. The van der Waals surface area contributed by atoms with Crippen LogP contribution < -0.4 is 5.32 Å². The molecule has 1 aromatic heterocycles. The molecule has 2 nitrogen and oxygen atoms in total. The number of anilines is 1. The van der Waals surface area contributed by atoms with E-state index in [0.29, 0.717) is 5.92 Å². The van der Waals surface area contributed by atoms with E-state index in [1.807, 2.05) is 6.07 Å². The molecule has 0 fully saturated rings. The van der Waals surface area contributed by atoms with Crippen LogP contribution in [0.25, 0.3) is 10.9 Å². The maximum Gasteiger partial charge on any atom is 0.130 e. The SMILES string of the molecule is CCCNc1nc2c(Cl)ccc(C)c2cc1C(C)C. The summed E-state index contributed by atoms with van der Waals surface area (Å²) in [5, 5.41) is 5.28. The summed E-state index contributed by atoms with van der Waals surface area (Å²) in [6.45, 7) is 9.57. The van der Waals surface area contributed by atoms with Crippen molar-refractivity contribution in [3.8, 4) is 0 Å². The minimum atomic E-state index is 0.439. The van der Waals surface area contributed by atoms with Gasteiger partial charge in [0.1, 0.15) is 5.82 Å². The van der Waals surface area contributed by atoms with Gasteiger partial charge in [-0.2, -0.15) is 0 Å². The highest BCUT2D eigenvalue weighted by molar-refractivity contribution is 6.35. The third kappa shape index (κ3) is 2.84. The summed E-state index contributed by atoms with van der Waals surface area (Å²) in [5.41, 5.74) is 3.37. The van der Waals surface area contributed by atoms with Gasteiger partial charge in [0, 0.05) is 11.9 Å². The van der Waals surface area contributed by atoms with Crippen LogP contribution in [0.5, 0.6) is 0 Å². The van der Waals surface area contributed by atoms with E-state index in [0.717, 1.165) is 34.7 Å². The topological polar surface area (TPSA) is 24.9 Å². The van der Waals surface area contributed by atoms with Crippen LogP contribution in [-0.4, -0.2) is 11.5 Å². The number of aryl methyl sites for hydroxylation is 1. The first-order chi connectivity index (χ1) is 9.04. The molecule has 19 heavy (non-hydrogen) atoms. The van der Waals surface area contributed by atoms with E-state index in [4.69, 9.17) is 16.6 Å². The number of halogens is 1. The van der Waals surface area contributed by atoms with Crippen LogP contribution >= 0.6 is 11.6 Å². The summed E-state index contributed by atoms with van der Waals surface area (Å²) < 4.78 is 0. The minimum Gasteiger partial charge on any atom is -0.370 e. The van der Waals surface area contributed by atoms with E-state index in [9.17, 15) is 0 Å². The lowest BCUT2D eigenvalue weighted by Gasteiger charge is -2.16. The van der Waals surface area contributed by atoms with Crippen LogP contribution in [0.2, 0.25) is 5.02 Å². The summed E-state index contributed by atoms with van der Waals surface area (Å²) >= 11 is 6.28. The Kier molecular flexibility index (Phi) is 4.31. The molecule has 0 aliphatic rings. The van der Waals surface area contributed by atoms with E-state index in [-0.39, 0.29) is 0 Å². The van der Waals surface area contributed by atoms with Crippen molar-refractivity contribution in [3.63, 3.8) is 0 Å². The highest BCUT2D eigenvalue weighted by atomic mass is 35.5. The molecular formula is C16H21ClN2. The van der Waals surface area contributed by atoms with Crippen molar-refractivity contribution in [2.75, 3.05) is 11.9 Å². The number of benzene rings is 1. The summed E-state index contributed by atoms with van der Waals surface area (Å²) in [6, 6.07) is 6.20. The molecule has 0 radical (unpaired) electrons. The van der Waals surface area contributed by atoms with Crippen LogP contribution in [0.3, 0.4) is 0 Å². The van der Waals surface area contributed by atoms with Crippen molar-refractivity contribution in [1.29, 1.82) is 0 Å². The van der Waals surface area contributed by atoms with Gasteiger partial charge in [-0.3, -0.25) is 0 Å². The van der Waals surface area contributed by atoms with Gasteiger partial charge in [-0.1, -0.05) is 38.4 Å². The van der Waals surface area contributed by atoms with Gasteiger partial charge in [0.05, 0.1) is 10.5 Å². The normalized spacial score (nSPS) is 11.3. The lowest BCUT2D eigenvalue weighted by atomic mass is 10.00. The molecule has 2 aromatic rings. The quantitative estimate of drug-likeness (QED) is 0.836. The third-order valence-electron chi connectivity index (χ3n) is 3.35. The van der Waals surface area contributed by atoms with Crippen LogP contribution in [0, 0.1) is 6.92 Å². The fraction of sp³-hybridized carbons (Fsp3) is 0.438. The van der Waals surface area contributed by atoms with E-state index in [1.165, 1.54) is 11.1 Å². The average molecular weight is 277 g/mol. The summed E-state index contributed by atoms with van der Waals surface area (Å²) in [5.74, 6) is 1.41. The monoisotopic (exact) mass is 276 g/mol. The van der Waals surface area contributed by atoms with Crippen molar-refractivity contribution >= 4 is 28.3 Å². The average Bonchev–Trinajstić information content (AvgIpc) is 2.39. The molecule has 0 unspecified atom stereocenters. The van der Waals surface area contributed by atoms with Crippen LogP contribution in [0.15, 0.2) is 18.2 Å². The van der Waals surface area contributed by atoms with Gasteiger partial charge in [0.15, 0.2) is 0 Å². The molecule has 0 spiro atoms. The highest BCUT2D eigenvalue weighted by Crippen LogP contribution is 2.31. The minimum absolute atomic E-state index is 0.439. The smallest absolute Gasteiger partial charge is 0.130 e. The fourth-order valence-electron chi connectivity index (χ4n) is 2.20. The second kappa shape index (κ2) is 5.79. The Bertz CT molecular complexity index is 591. The van der Waals surface area contributed by atoms with Crippen LogP contribution in [-0.2, 0) is 0 Å². The number of nitrogens with one attached hydrogen (secondary N) is 1. The zero-order chi connectivity index (χ0) is 14.0. The molecule has 1 heterocycles. The first kappa shape index (κ1) is 14.1. The van der Waals surface area contributed by atoms with Gasteiger partial charge in [-0.15, -0.1) is 0 Å². The second-order valence-electron chi connectivity index (χ2n) is 5.27. The molecule has 1 N–H and O–H groups in total. The van der Waals surface area contributed by atoms with Gasteiger partial charge in [0.2, 0.25) is 0 Å². The predicted molar refractivity (Wildman–Crippen MR) is 84.4 cm³/mol. The summed E-state index contributed by atoms with van der Waals surface area (Å²) in [6.07, 6.45) is 1.08. The van der Waals surface area contributed by atoms with E-state index in [1.54, 1.807) is 0 Å². The number of nitrogens with zero attached hydrogens (tertiary/aromatic N) is 1. The standard InChI is InChI=1S/C16H21ClN2/c1-5-8-18-16-12(10(2)3)9-13-11(4)6-7-14(17)15(13)19-16/h6-7,9-10H,5,8H2,1-4H3,(H,18,19). The molecule has 0 aliphatic carbocycles. The summed E-state index contributed by atoms with van der Waals surface area (Å²) in [4.78, 5) is 4.75. The Balaban J connectivity index is 2.65. The van der Waals surface area contributed by atoms with Crippen molar-refractivity contribution in [2.24, 2.45) is 0 Å². The molecule has 0 aliphatic heterocycles. The molecule has 0 saturated heterocycles. The Hall–Kier alpha value is -1.28. The van der Waals surface area contributed by atoms with Crippen molar-refractivity contribution in [1.82, 2.24) is 4.98 Å². The van der Waals surface area contributed by atoms with Crippen LogP contribution in [0.4, 0.5) is 5.82 Å². The van der Waals surface area contributed by atoms with Crippen molar-refractivity contribution < 1.29 is 0 Å². The zero-order valence-electron chi connectivity index (χ0n) is 12.0. The van der Waals surface area contributed by atoms with Crippen molar-refractivity contribution in [3.05, 3.63) is 34.3 Å². The molecule has 0 saturated carbocycles. The molecule has 102 valence electrons. The first-order valence-corrected chi connectivity index (χ1v) is 7.26. The molecule has 0 atom stereocenters. The van der Waals surface area contributed by atoms with Gasteiger partial charge in [0.25, 0.3) is 0 Å². The van der Waals surface area contributed by atoms with E-state index < -0.39 is 0 Å². The fourth-order valence-corrected chi connectivity index (χ4v) is 2.41. The number of fused-ring (bicyclic) bond motifs is 1.